The van der Waals surface area contributed by atoms with Gasteiger partial charge in [0.15, 0.2) is 12.6 Å². The van der Waals surface area contributed by atoms with Gasteiger partial charge in [-0.3, -0.25) is 9.59 Å². The van der Waals surface area contributed by atoms with Gasteiger partial charge >= 0.3 is 0 Å². The highest BCUT2D eigenvalue weighted by molar-refractivity contribution is 5.93. The van der Waals surface area contributed by atoms with Crippen molar-refractivity contribution in [1.29, 1.82) is 0 Å². The fraction of sp³-hybridized carbons (Fsp3) is 0. The molecule has 0 saturated heterocycles. The van der Waals surface area contributed by atoms with Crippen molar-refractivity contribution in [3.05, 3.63) is 118 Å². The van der Waals surface area contributed by atoms with Crippen molar-refractivity contribution < 1.29 is 9.59 Å². The molecule has 0 N–H and O–H groups in total. The van der Waals surface area contributed by atoms with Crippen LogP contribution in [0, 0.1) is 0 Å². The molecule has 0 aromatic heterocycles. The van der Waals surface area contributed by atoms with E-state index in [1.807, 2.05) is 85.0 Å². The van der Waals surface area contributed by atoms with Crippen LogP contribution in [0.1, 0.15) is 43.0 Å². The van der Waals surface area contributed by atoms with Crippen molar-refractivity contribution >= 4 is 47.6 Å². The molecule has 0 aliphatic carbocycles. The van der Waals surface area contributed by atoms with E-state index in [9.17, 15) is 9.59 Å². The van der Waals surface area contributed by atoms with Gasteiger partial charge in [-0.05, 0) is 45.2 Å². The molecule has 0 unspecified atom stereocenters. The zero-order valence-corrected chi connectivity index (χ0v) is 16.4. The van der Waals surface area contributed by atoms with Gasteiger partial charge in [0.2, 0.25) is 0 Å². The van der Waals surface area contributed by atoms with Crippen LogP contribution in [-0.2, 0) is 0 Å². The minimum Gasteiger partial charge on any atom is -0.298 e. The molecule has 4 aromatic rings. The molecule has 0 bridgehead atoms. The molecule has 0 aliphatic rings. The first-order chi connectivity index (χ1) is 14.8. The minimum atomic E-state index is 0.659. The molecule has 0 atom stereocenters. The normalized spacial score (nSPS) is 11.3. The Morgan fingerprint density at radius 1 is 0.400 bits per heavy atom. The standard InChI is InChI=1S/C28H20O2/c29-19-27-11-5-1-7-21(27)13-15-25-17-23-9-3-4-10-24(23)18-26(25)16-14-22-8-2-6-12-28(22)20-30/h1-20H. The van der Waals surface area contributed by atoms with Gasteiger partial charge in [-0.25, -0.2) is 0 Å². The Bertz CT molecular complexity index is 1180. The molecule has 0 radical (unpaired) electrons. The summed E-state index contributed by atoms with van der Waals surface area (Å²) >= 11 is 0. The molecule has 2 heteroatoms. The van der Waals surface area contributed by atoms with Crippen LogP contribution >= 0.6 is 0 Å². The van der Waals surface area contributed by atoms with E-state index in [4.69, 9.17) is 0 Å². The molecule has 4 rings (SSSR count). The Morgan fingerprint density at radius 2 is 0.733 bits per heavy atom. The van der Waals surface area contributed by atoms with Crippen molar-refractivity contribution in [2.45, 2.75) is 0 Å². The highest BCUT2D eigenvalue weighted by Crippen LogP contribution is 2.25. The molecular formula is C28H20O2. The number of carbonyl (C=O) groups excluding carboxylic acids is 2. The highest BCUT2D eigenvalue weighted by atomic mass is 16.1. The third-order valence-corrected chi connectivity index (χ3v) is 5.08. The predicted octanol–water partition coefficient (Wildman–Crippen LogP) is 6.81. The lowest BCUT2D eigenvalue weighted by atomic mass is 9.98. The van der Waals surface area contributed by atoms with Crippen LogP contribution in [0.15, 0.2) is 84.9 Å². The van der Waals surface area contributed by atoms with Gasteiger partial charge in [0.1, 0.15) is 0 Å². The summed E-state index contributed by atoms with van der Waals surface area (Å²) in [5.41, 5.74) is 5.14. The second kappa shape index (κ2) is 8.97. The molecule has 144 valence electrons. The van der Waals surface area contributed by atoms with Gasteiger partial charge in [0, 0.05) is 11.1 Å². The smallest absolute Gasteiger partial charge is 0.150 e. The van der Waals surface area contributed by atoms with E-state index in [0.29, 0.717) is 11.1 Å². The SMILES string of the molecule is O=Cc1ccccc1C=Cc1cc2ccccc2cc1C=Cc1ccccc1C=O. The van der Waals surface area contributed by atoms with Crippen LogP contribution in [0.2, 0.25) is 0 Å². The van der Waals surface area contributed by atoms with E-state index in [0.717, 1.165) is 45.6 Å². The number of fused-ring (bicyclic) bond motifs is 1. The summed E-state index contributed by atoms with van der Waals surface area (Å²) in [6.45, 7) is 0. The van der Waals surface area contributed by atoms with Crippen molar-refractivity contribution in [1.82, 2.24) is 0 Å². The molecule has 0 spiro atoms. The van der Waals surface area contributed by atoms with Crippen LogP contribution < -0.4 is 0 Å². The van der Waals surface area contributed by atoms with Crippen molar-refractivity contribution in [3.63, 3.8) is 0 Å². The summed E-state index contributed by atoms with van der Waals surface area (Å²) in [5.74, 6) is 0. The van der Waals surface area contributed by atoms with E-state index < -0.39 is 0 Å². The largest absolute Gasteiger partial charge is 0.298 e. The Labute approximate surface area is 175 Å². The first-order valence-electron chi connectivity index (χ1n) is 9.76. The summed E-state index contributed by atoms with van der Waals surface area (Å²) < 4.78 is 0. The van der Waals surface area contributed by atoms with Gasteiger partial charge in [-0.2, -0.15) is 0 Å². The fourth-order valence-corrected chi connectivity index (χ4v) is 3.46. The zero-order chi connectivity index (χ0) is 20.8. The van der Waals surface area contributed by atoms with E-state index in [2.05, 4.69) is 24.3 Å². The average Bonchev–Trinajstić information content (AvgIpc) is 2.81. The number of benzene rings is 4. The van der Waals surface area contributed by atoms with Crippen LogP contribution in [0.25, 0.3) is 35.1 Å². The van der Waals surface area contributed by atoms with Crippen molar-refractivity contribution in [2.24, 2.45) is 0 Å². The van der Waals surface area contributed by atoms with Gasteiger partial charge in [-0.1, -0.05) is 97.1 Å². The topological polar surface area (TPSA) is 34.1 Å². The third-order valence-electron chi connectivity index (χ3n) is 5.08. The van der Waals surface area contributed by atoms with Gasteiger partial charge in [-0.15, -0.1) is 0 Å². The maximum absolute atomic E-state index is 11.3. The quantitative estimate of drug-likeness (QED) is 0.269. The minimum absolute atomic E-state index is 0.659. The lowest BCUT2D eigenvalue weighted by Gasteiger charge is -2.07. The summed E-state index contributed by atoms with van der Waals surface area (Å²) in [6.07, 6.45) is 9.73. The molecule has 4 aromatic carbocycles. The van der Waals surface area contributed by atoms with Crippen LogP contribution in [0.3, 0.4) is 0 Å². The Kier molecular flexibility index (Phi) is 5.77. The number of carbonyl (C=O) groups is 2. The molecule has 0 fully saturated rings. The first kappa shape index (κ1) is 19.3. The molecule has 30 heavy (non-hydrogen) atoms. The first-order valence-corrected chi connectivity index (χ1v) is 9.76. The molecule has 0 amide bonds. The number of aldehydes is 2. The highest BCUT2D eigenvalue weighted by Gasteiger charge is 2.03. The zero-order valence-electron chi connectivity index (χ0n) is 16.4. The number of hydrogen-bond donors (Lipinski definition) is 0. The van der Waals surface area contributed by atoms with E-state index >= 15 is 0 Å². The molecule has 0 heterocycles. The van der Waals surface area contributed by atoms with Crippen LogP contribution in [-0.4, -0.2) is 12.6 Å². The Morgan fingerprint density at radius 3 is 1.13 bits per heavy atom. The van der Waals surface area contributed by atoms with Gasteiger partial charge in [0.25, 0.3) is 0 Å². The molecule has 0 aliphatic heterocycles. The van der Waals surface area contributed by atoms with E-state index in [1.54, 1.807) is 0 Å². The average molecular weight is 388 g/mol. The van der Waals surface area contributed by atoms with E-state index in [1.165, 1.54) is 0 Å². The number of rotatable bonds is 6. The van der Waals surface area contributed by atoms with Crippen molar-refractivity contribution in [2.75, 3.05) is 0 Å². The molecule has 2 nitrogen and oxygen atoms in total. The Hall–Kier alpha value is -4.04. The van der Waals surface area contributed by atoms with Crippen LogP contribution in [0.5, 0.6) is 0 Å². The summed E-state index contributed by atoms with van der Waals surface area (Å²) in [5, 5.41) is 2.29. The molecule has 0 saturated carbocycles. The fourth-order valence-electron chi connectivity index (χ4n) is 3.46. The lowest BCUT2D eigenvalue weighted by Crippen LogP contribution is -1.87. The van der Waals surface area contributed by atoms with Crippen molar-refractivity contribution in [3.8, 4) is 0 Å². The summed E-state index contributed by atoms with van der Waals surface area (Å²) in [7, 11) is 0. The number of hydrogen-bond acceptors (Lipinski definition) is 2. The maximum Gasteiger partial charge on any atom is 0.150 e. The summed E-state index contributed by atoms with van der Waals surface area (Å²) in [6, 6.07) is 27.5. The lowest BCUT2D eigenvalue weighted by molar-refractivity contribution is 0.111. The maximum atomic E-state index is 11.3. The molecular weight excluding hydrogens is 368 g/mol. The second-order valence-electron chi connectivity index (χ2n) is 6.99. The van der Waals surface area contributed by atoms with Crippen LogP contribution in [0.4, 0.5) is 0 Å². The van der Waals surface area contributed by atoms with Gasteiger partial charge in [0.05, 0.1) is 0 Å². The summed E-state index contributed by atoms with van der Waals surface area (Å²) in [4.78, 5) is 22.7. The monoisotopic (exact) mass is 388 g/mol. The Balaban J connectivity index is 1.80. The second-order valence-corrected chi connectivity index (χ2v) is 6.99. The van der Waals surface area contributed by atoms with Gasteiger partial charge < -0.3 is 0 Å². The predicted molar refractivity (Wildman–Crippen MR) is 125 cm³/mol. The third kappa shape index (κ3) is 4.18. The van der Waals surface area contributed by atoms with E-state index in [-0.39, 0.29) is 0 Å².